The highest BCUT2D eigenvalue weighted by Gasteiger charge is 2.11. The van der Waals surface area contributed by atoms with Gasteiger partial charge in [-0.05, 0) is 37.6 Å². The molecule has 0 unspecified atom stereocenters. The fourth-order valence-corrected chi connectivity index (χ4v) is 2.95. The Labute approximate surface area is 116 Å². The van der Waals surface area contributed by atoms with E-state index in [4.69, 9.17) is 4.98 Å². The van der Waals surface area contributed by atoms with Crippen molar-refractivity contribution in [1.29, 1.82) is 0 Å². The quantitative estimate of drug-likeness (QED) is 0.763. The molecule has 0 bridgehead atoms. The molecule has 3 aromatic rings. The molecule has 0 saturated heterocycles. The van der Waals surface area contributed by atoms with Gasteiger partial charge in [-0.1, -0.05) is 12.1 Å². The van der Waals surface area contributed by atoms with E-state index in [1.807, 2.05) is 13.1 Å². The Bertz CT molecular complexity index is 746. The minimum Gasteiger partial charge on any atom is -0.373 e. The maximum absolute atomic E-state index is 4.73. The maximum atomic E-state index is 4.73. The second-order valence-corrected chi connectivity index (χ2v) is 5.82. The summed E-state index contributed by atoms with van der Waals surface area (Å²) in [4.78, 5) is 11.7. The topological polar surface area (TPSA) is 37.8 Å². The van der Waals surface area contributed by atoms with E-state index in [-0.39, 0.29) is 0 Å². The summed E-state index contributed by atoms with van der Waals surface area (Å²) in [5.74, 6) is 1.68. The molecule has 0 saturated carbocycles. The van der Waals surface area contributed by atoms with Gasteiger partial charge in [-0.25, -0.2) is 9.97 Å². The van der Waals surface area contributed by atoms with Crippen LogP contribution in [0, 0.1) is 13.8 Å². The third-order valence-electron chi connectivity index (χ3n) is 3.13. The highest BCUT2D eigenvalue weighted by Crippen LogP contribution is 2.30. The Morgan fingerprint density at radius 1 is 1.05 bits per heavy atom. The zero-order valence-electron chi connectivity index (χ0n) is 11.2. The van der Waals surface area contributed by atoms with Crippen molar-refractivity contribution in [2.45, 2.75) is 13.8 Å². The summed E-state index contributed by atoms with van der Waals surface area (Å²) in [5, 5.41) is 4.24. The molecule has 4 heteroatoms. The first-order chi connectivity index (χ1) is 9.19. The van der Waals surface area contributed by atoms with E-state index >= 15 is 0 Å². The number of hydrogen-bond donors (Lipinski definition) is 1. The van der Waals surface area contributed by atoms with Crippen LogP contribution in [0.5, 0.6) is 0 Å². The lowest BCUT2D eigenvalue weighted by Gasteiger charge is -2.08. The smallest absolute Gasteiger partial charge is 0.172 e. The Morgan fingerprint density at radius 3 is 2.58 bits per heavy atom. The van der Waals surface area contributed by atoms with Gasteiger partial charge in [-0.15, -0.1) is 11.3 Å². The largest absolute Gasteiger partial charge is 0.373 e. The molecule has 0 atom stereocenters. The molecule has 0 amide bonds. The van der Waals surface area contributed by atoms with E-state index in [9.17, 15) is 0 Å². The van der Waals surface area contributed by atoms with Crippen LogP contribution in [0.15, 0.2) is 30.3 Å². The number of nitrogens with one attached hydrogen (secondary N) is 1. The predicted octanol–water partition coefficient (Wildman–Crippen LogP) is 4.02. The molecule has 0 aliphatic heterocycles. The van der Waals surface area contributed by atoms with E-state index < -0.39 is 0 Å². The van der Waals surface area contributed by atoms with E-state index in [1.54, 1.807) is 11.3 Å². The van der Waals surface area contributed by atoms with Crippen molar-refractivity contribution in [2.24, 2.45) is 0 Å². The van der Waals surface area contributed by atoms with Crippen molar-refractivity contribution >= 4 is 28.1 Å². The Hall–Kier alpha value is -1.94. The van der Waals surface area contributed by atoms with Crippen LogP contribution in [-0.2, 0) is 0 Å². The molecule has 3 nitrogen and oxygen atoms in total. The van der Waals surface area contributed by atoms with E-state index in [0.29, 0.717) is 0 Å². The van der Waals surface area contributed by atoms with Crippen LogP contribution >= 0.6 is 11.3 Å². The maximum Gasteiger partial charge on any atom is 0.172 e. The number of para-hydroxylation sites is 1. The Morgan fingerprint density at radius 2 is 1.89 bits per heavy atom. The summed E-state index contributed by atoms with van der Waals surface area (Å²) >= 11 is 1.72. The summed E-state index contributed by atoms with van der Waals surface area (Å²) in [6, 6.07) is 10.4. The van der Waals surface area contributed by atoms with Gasteiger partial charge in [-0.2, -0.15) is 0 Å². The van der Waals surface area contributed by atoms with Gasteiger partial charge in [0.25, 0.3) is 0 Å². The normalized spacial score (nSPS) is 10.9. The minimum atomic E-state index is 0.796. The molecule has 1 N–H and O–H groups in total. The lowest BCUT2D eigenvalue weighted by Crippen LogP contribution is -1.99. The number of thiophene rings is 1. The van der Waals surface area contributed by atoms with Gasteiger partial charge >= 0.3 is 0 Å². The van der Waals surface area contributed by atoms with Gasteiger partial charge in [-0.3, -0.25) is 0 Å². The van der Waals surface area contributed by atoms with Crippen LogP contribution < -0.4 is 5.32 Å². The lowest BCUT2D eigenvalue weighted by atomic mass is 10.1. The highest BCUT2D eigenvalue weighted by atomic mass is 32.1. The van der Waals surface area contributed by atoms with Gasteiger partial charge in [0.15, 0.2) is 5.82 Å². The van der Waals surface area contributed by atoms with Crippen molar-refractivity contribution in [3.8, 4) is 10.7 Å². The summed E-state index contributed by atoms with van der Waals surface area (Å²) in [5.41, 5.74) is 2.19. The van der Waals surface area contributed by atoms with Crippen molar-refractivity contribution in [3.63, 3.8) is 0 Å². The number of aromatic nitrogens is 2. The number of fused-ring (bicyclic) bond motifs is 1. The lowest BCUT2D eigenvalue weighted by molar-refractivity contribution is 1.21. The van der Waals surface area contributed by atoms with Crippen LogP contribution in [0.4, 0.5) is 5.82 Å². The molecule has 0 spiro atoms. The Balaban J connectivity index is 2.30. The molecular weight excluding hydrogens is 254 g/mol. The highest BCUT2D eigenvalue weighted by molar-refractivity contribution is 7.15. The molecule has 0 aliphatic carbocycles. The predicted molar refractivity (Wildman–Crippen MR) is 81.9 cm³/mol. The van der Waals surface area contributed by atoms with Crippen LogP contribution in [0.25, 0.3) is 21.6 Å². The van der Waals surface area contributed by atoms with Crippen molar-refractivity contribution in [1.82, 2.24) is 9.97 Å². The van der Waals surface area contributed by atoms with Crippen LogP contribution in [0.1, 0.15) is 10.4 Å². The number of aryl methyl sites for hydroxylation is 2. The number of anilines is 1. The molecule has 0 radical (unpaired) electrons. The van der Waals surface area contributed by atoms with Gasteiger partial charge in [0.05, 0.1) is 10.4 Å². The van der Waals surface area contributed by atoms with E-state index in [0.717, 1.165) is 27.4 Å². The van der Waals surface area contributed by atoms with Crippen LogP contribution in [0.3, 0.4) is 0 Å². The fraction of sp³-hybridized carbons (Fsp3) is 0.200. The Kier molecular flexibility index (Phi) is 2.95. The van der Waals surface area contributed by atoms with Crippen LogP contribution in [-0.4, -0.2) is 17.0 Å². The second kappa shape index (κ2) is 4.63. The molecule has 19 heavy (non-hydrogen) atoms. The zero-order chi connectivity index (χ0) is 13.4. The first kappa shape index (κ1) is 12.1. The molecular formula is C15H15N3S. The fourth-order valence-electron chi connectivity index (χ4n) is 2.15. The third-order valence-corrected chi connectivity index (χ3v) is 4.12. The number of rotatable bonds is 2. The summed E-state index contributed by atoms with van der Waals surface area (Å²) in [6.07, 6.45) is 0. The average molecular weight is 269 g/mol. The van der Waals surface area contributed by atoms with E-state index in [2.05, 4.69) is 48.4 Å². The summed E-state index contributed by atoms with van der Waals surface area (Å²) in [7, 11) is 1.90. The average Bonchev–Trinajstić information content (AvgIpc) is 2.85. The first-order valence-corrected chi connectivity index (χ1v) is 7.02. The first-order valence-electron chi connectivity index (χ1n) is 6.21. The monoisotopic (exact) mass is 269 g/mol. The molecule has 2 aromatic heterocycles. The van der Waals surface area contributed by atoms with Crippen molar-refractivity contribution in [2.75, 3.05) is 12.4 Å². The minimum absolute atomic E-state index is 0.796. The second-order valence-electron chi connectivity index (χ2n) is 4.53. The van der Waals surface area contributed by atoms with Gasteiger partial charge in [0.2, 0.25) is 0 Å². The molecule has 2 heterocycles. The van der Waals surface area contributed by atoms with Gasteiger partial charge in [0.1, 0.15) is 5.82 Å². The SMILES string of the molecule is CNc1nc(-c2ccc(C)s2)nc2c(C)cccc12. The number of hydrogen-bond acceptors (Lipinski definition) is 4. The summed E-state index contributed by atoms with van der Waals surface area (Å²) in [6.45, 7) is 4.18. The van der Waals surface area contributed by atoms with Gasteiger partial charge < -0.3 is 5.32 Å². The van der Waals surface area contributed by atoms with Crippen LogP contribution in [0.2, 0.25) is 0 Å². The zero-order valence-corrected chi connectivity index (χ0v) is 12.0. The third kappa shape index (κ3) is 2.08. The molecule has 1 aromatic carbocycles. The molecule has 96 valence electrons. The van der Waals surface area contributed by atoms with Gasteiger partial charge in [0, 0.05) is 17.3 Å². The molecule has 0 fully saturated rings. The van der Waals surface area contributed by atoms with Crippen molar-refractivity contribution in [3.05, 3.63) is 40.8 Å². The molecule has 3 rings (SSSR count). The number of benzene rings is 1. The van der Waals surface area contributed by atoms with E-state index in [1.165, 1.54) is 10.4 Å². The van der Waals surface area contributed by atoms with Crippen molar-refractivity contribution < 1.29 is 0 Å². The number of nitrogens with zero attached hydrogens (tertiary/aromatic N) is 2. The standard InChI is InChI=1S/C15H15N3S/c1-9-5-4-6-11-13(9)17-15(18-14(11)16-3)12-8-7-10(2)19-12/h4-8H,1-3H3,(H,16,17,18). The molecule has 0 aliphatic rings. The summed E-state index contributed by atoms with van der Waals surface area (Å²) < 4.78 is 0.